The predicted octanol–water partition coefficient (Wildman–Crippen LogP) is 3.52. The van der Waals surface area contributed by atoms with E-state index in [2.05, 4.69) is 13.8 Å². The van der Waals surface area contributed by atoms with Crippen molar-refractivity contribution in [1.29, 1.82) is 0 Å². The molecule has 2 rings (SSSR count). The Morgan fingerprint density at radius 2 is 1.72 bits per heavy atom. The lowest BCUT2D eigenvalue weighted by Crippen LogP contribution is -2.46. The first kappa shape index (κ1) is 14.3. The van der Waals surface area contributed by atoms with Crippen molar-refractivity contribution in [3.63, 3.8) is 0 Å². The van der Waals surface area contributed by atoms with Gasteiger partial charge >= 0.3 is 0 Å². The van der Waals surface area contributed by atoms with Crippen LogP contribution in [0.2, 0.25) is 0 Å². The molecule has 1 heterocycles. The summed E-state index contributed by atoms with van der Waals surface area (Å²) in [6.45, 7) is 7.38. The molecule has 1 saturated carbocycles. The summed E-state index contributed by atoms with van der Waals surface area (Å²) < 4.78 is 17.1. The minimum atomic E-state index is 0.105. The summed E-state index contributed by atoms with van der Waals surface area (Å²) in [7, 11) is 0. The lowest BCUT2D eigenvalue weighted by atomic mass is 9.83. The van der Waals surface area contributed by atoms with Crippen molar-refractivity contribution in [1.82, 2.24) is 0 Å². The summed E-state index contributed by atoms with van der Waals surface area (Å²) in [5.74, 6) is 0. The van der Waals surface area contributed by atoms with E-state index in [1.165, 1.54) is 32.1 Å². The minimum Gasteiger partial charge on any atom is -0.380 e. The van der Waals surface area contributed by atoms with Crippen LogP contribution in [0.5, 0.6) is 0 Å². The Balaban J connectivity index is 1.67. The molecule has 2 fully saturated rings. The molecule has 1 saturated heterocycles. The Bertz CT molecular complexity index is 237. The number of hydrogen-bond donors (Lipinski definition) is 0. The van der Waals surface area contributed by atoms with Crippen molar-refractivity contribution in [2.24, 2.45) is 5.41 Å². The maximum absolute atomic E-state index is 6.07. The molecule has 18 heavy (non-hydrogen) atoms. The highest BCUT2D eigenvalue weighted by Gasteiger charge is 2.37. The molecule has 0 aromatic rings. The first-order valence-corrected chi connectivity index (χ1v) is 7.54. The van der Waals surface area contributed by atoms with Crippen molar-refractivity contribution in [2.45, 2.75) is 64.4 Å². The van der Waals surface area contributed by atoms with Gasteiger partial charge in [0.15, 0.2) is 0 Å². The van der Waals surface area contributed by atoms with E-state index in [1.807, 2.05) is 0 Å². The molecule has 0 N–H and O–H groups in total. The molecule has 2 aliphatic rings. The van der Waals surface area contributed by atoms with E-state index < -0.39 is 0 Å². The molecule has 0 spiro atoms. The maximum atomic E-state index is 6.07. The van der Waals surface area contributed by atoms with E-state index >= 15 is 0 Å². The average Bonchev–Trinajstić information content (AvgIpc) is 2.38. The molecular weight excluding hydrogens is 228 g/mol. The standard InChI is InChI=1S/C15H28O3/c1-3-14(10-16-11-14)12-17-13-18-15(4-2)8-6-5-7-9-15/h3-13H2,1-2H3. The van der Waals surface area contributed by atoms with Gasteiger partial charge in [-0.15, -0.1) is 0 Å². The highest BCUT2D eigenvalue weighted by Crippen LogP contribution is 2.35. The van der Waals surface area contributed by atoms with Crippen molar-refractivity contribution in [3.05, 3.63) is 0 Å². The Hall–Kier alpha value is -0.120. The summed E-state index contributed by atoms with van der Waals surface area (Å²) in [5.41, 5.74) is 0.378. The molecule has 106 valence electrons. The minimum absolute atomic E-state index is 0.105. The highest BCUT2D eigenvalue weighted by atomic mass is 16.7. The quantitative estimate of drug-likeness (QED) is 0.515. The molecule has 1 aliphatic carbocycles. The van der Waals surface area contributed by atoms with Gasteiger partial charge in [0.1, 0.15) is 6.79 Å². The van der Waals surface area contributed by atoms with Crippen LogP contribution in [0.1, 0.15) is 58.8 Å². The normalized spacial score (nSPS) is 25.7. The lowest BCUT2D eigenvalue weighted by molar-refractivity contribution is -0.202. The third kappa shape index (κ3) is 3.25. The van der Waals surface area contributed by atoms with Gasteiger partial charge in [0.05, 0.1) is 25.4 Å². The number of hydrogen-bond acceptors (Lipinski definition) is 3. The molecule has 0 amide bonds. The van der Waals surface area contributed by atoms with Crippen LogP contribution in [-0.4, -0.2) is 32.2 Å². The van der Waals surface area contributed by atoms with Gasteiger partial charge in [-0.3, -0.25) is 0 Å². The zero-order valence-electron chi connectivity index (χ0n) is 12.0. The highest BCUT2D eigenvalue weighted by molar-refractivity contribution is 4.84. The summed E-state index contributed by atoms with van der Waals surface area (Å²) in [6.07, 6.45) is 8.62. The van der Waals surface area contributed by atoms with E-state index in [1.54, 1.807) is 0 Å². The largest absolute Gasteiger partial charge is 0.380 e. The van der Waals surface area contributed by atoms with E-state index in [-0.39, 0.29) is 11.0 Å². The number of rotatable bonds is 7. The van der Waals surface area contributed by atoms with Crippen LogP contribution in [0.3, 0.4) is 0 Å². The zero-order valence-corrected chi connectivity index (χ0v) is 12.0. The van der Waals surface area contributed by atoms with Crippen LogP contribution < -0.4 is 0 Å². The van der Waals surface area contributed by atoms with Gasteiger partial charge in [-0.1, -0.05) is 33.1 Å². The zero-order chi connectivity index (χ0) is 12.9. The second-order valence-electron chi connectivity index (χ2n) is 6.05. The van der Waals surface area contributed by atoms with Gasteiger partial charge < -0.3 is 14.2 Å². The molecule has 0 bridgehead atoms. The van der Waals surface area contributed by atoms with E-state index in [9.17, 15) is 0 Å². The maximum Gasteiger partial charge on any atom is 0.147 e. The Morgan fingerprint density at radius 3 is 2.22 bits per heavy atom. The Labute approximate surface area is 111 Å². The summed E-state index contributed by atoms with van der Waals surface area (Å²) >= 11 is 0. The fourth-order valence-electron chi connectivity index (χ4n) is 3.00. The number of ether oxygens (including phenoxy) is 3. The van der Waals surface area contributed by atoms with E-state index in [0.29, 0.717) is 6.79 Å². The molecule has 0 aromatic heterocycles. The van der Waals surface area contributed by atoms with Crippen LogP contribution in [0.25, 0.3) is 0 Å². The van der Waals surface area contributed by atoms with Crippen LogP contribution >= 0.6 is 0 Å². The van der Waals surface area contributed by atoms with Crippen LogP contribution in [0, 0.1) is 5.41 Å². The van der Waals surface area contributed by atoms with Gasteiger partial charge in [0.25, 0.3) is 0 Å². The van der Waals surface area contributed by atoms with Gasteiger partial charge in [-0.2, -0.15) is 0 Å². The topological polar surface area (TPSA) is 27.7 Å². The van der Waals surface area contributed by atoms with Gasteiger partial charge in [-0.05, 0) is 25.7 Å². The predicted molar refractivity (Wildman–Crippen MR) is 71.6 cm³/mol. The first-order chi connectivity index (χ1) is 8.74. The van der Waals surface area contributed by atoms with E-state index in [4.69, 9.17) is 14.2 Å². The Kier molecular flexibility index (Phi) is 5.05. The molecule has 3 heteroatoms. The summed E-state index contributed by atoms with van der Waals surface area (Å²) in [4.78, 5) is 0. The van der Waals surface area contributed by atoms with Crippen LogP contribution in [0.15, 0.2) is 0 Å². The molecule has 0 radical (unpaired) electrons. The van der Waals surface area contributed by atoms with Crippen LogP contribution in [-0.2, 0) is 14.2 Å². The second-order valence-corrected chi connectivity index (χ2v) is 6.05. The van der Waals surface area contributed by atoms with Crippen molar-refractivity contribution in [2.75, 3.05) is 26.6 Å². The fourth-order valence-corrected chi connectivity index (χ4v) is 3.00. The fraction of sp³-hybridized carbons (Fsp3) is 1.00. The molecule has 0 unspecified atom stereocenters. The lowest BCUT2D eigenvalue weighted by Gasteiger charge is -2.41. The monoisotopic (exact) mass is 256 g/mol. The van der Waals surface area contributed by atoms with Gasteiger partial charge in [-0.25, -0.2) is 0 Å². The van der Waals surface area contributed by atoms with E-state index in [0.717, 1.165) is 32.7 Å². The van der Waals surface area contributed by atoms with Crippen LogP contribution in [0.4, 0.5) is 0 Å². The van der Waals surface area contributed by atoms with Crippen molar-refractivity contribution < 1.29 is 14.2 Å². The average molecular weight is 256 g/mol. The second kappa shape index (κ2) is 6.36. The summed E-state index contributed by atoms with van der Waals surface area (Å²) in [6, 6.07) is 0. The molecule has 0 aromatic carbocycles. The summed E-state index contributed by atoms with van der Waals surface area (Å²) in [5, 5.41) is 0. The third-order valence-corrected chi connectivity index (χ3v) is 4.83. The smallest absolute Gasteiger partial charge is 0.147 e. The molecule has 3 nitrogen and oxygen atoms in total. The third-order valence-electron chi connectivity index (χ3n) is 4.83. The van der Waals surface area contributed by atoms with Gasteiger partial charge in [0.2, 0.25) is 0 Å². The first-order valence-electron chi connectivity index (χ1n) is 7.54. The van der Waals surface area contributed by atoms with Crippen molar-refractivity contribution in [3.8, 4) is 0 Å². The Morgan fingerprint density at radius 1 is 1.00 bits per heavy atom. The van der Waals surface area contributed by atoms with Gasteiger partial charge in [0, 0.05) is 5.41 Å². The molecular formula is C15H28O3. The van der Waals surface area contributed by atoms with Crippen molar-refractivity contribution >= 4 is 0 Å². The molecule has 0 atom stereocenters. The SMILES string of the molecule is CCC1(COCOC2(CC)CCCCC2)COC1. The molecule has 1 aliphatic heterocycles.